The molecule has 0 spiro atoms. The first-order valence-corrected chi connectivity index (χ1v) is 23.1. The largest absolute Gasteiger partial charge is 0.529 e. The number of nitriles is 2. The van der Waals surface area contributed by atoms with Gasteiger partial charge in [0.1, 0.15) is 24.4 Å². The number of hydrogen-bond donors (Lipinski definition) is 5. The maximum absolute atomic E-state index is 16.9. The van der Waals surface area contributed by atoms with E-state index in [1.165, 1.54) is 0 Å². The minimum atomic E-state index is -5.20. The molecule has 0 aromatic carbocycles. The average Bonchev–Trinajstić information content (AvgIpc) is 4.04. The number of H-pyrrole nitrogens is 2. The molecule has 0 saturated carbocycles. The first-order chi connectivity index (χ1) is 31.9. The number of aliphatic hydroxyl groups is 1. The normalized spacial score (nSPS) is 24.6. The molecule has 5 N–H and O–H groups in total. The van der Waals surface area contributed by atoms with Crippen LogP contribution in [0.5, 0.6) is 0 Å². The van der Waals surface area contributed by atoms with E-state index in [4.69, 9.17) is 41.9 Å². The molecule has 67 heavy (non-hydrogen) atoms. The molecule has 0 radical (unpaired) electrons. The Labute approximate surface area is 376 Å². The number of nitrogens with zero attached hydrogens (tertiary/aromatic N) is 8. The number of ether oxygens (including phenoxy) is 2. The molecule has 31 heteroatoms. The van der Waals surface area contributed by atoms with Gasteiger partial charge in [-0.3, -0.25) is 71.5 Å². The fourth-order valence-corrected chi connectivity index (χ4v) is 8.99. The number of carbonyl (C=O) groups is 2. The van der Waals surface area contributed by atoms with Gasteiger partial charge in [0, 0.05) is 11.8 Å². The molecule has 6 rings (SSSR count). The lowest BCUT2D eigenvalue weighted by molar-refractivity contribution is -0.119. The Morgan fingerprint density at radius 3 is 1.73 bits per heavy atom. The fraction of sp³-hybridized carbons (Fsp3) is 0.556. The van der Waals surface area contributed by atoms with E-state index >= 15 is 8.78 Å². The summed E-state index contributed by atoms with van der Waals surface area (Å²) in [5, 5.41) is 33.4. The number of rotatable bonds is 22. The van der Waals surface area contributed by atoms with E-state index < -0.39 is 132 Å². The van der Waals surface area contributed by atoms with Crippen LogP contribution in [0.1, 0.15) is 53.0 Å². The van der Waals surface area contributed by atoms with Gasteiger partial charge >= 0.3 is 15.6 Å². The quantitative estimate of drug-likeness (QED) is 0.0429. The molecule has 4 aromatic rings. The van der Waals surface area contributed by atoms with Gasteiger partial charge < -0.3 is 19.1 Å². The van der Waals surface area contributed by atoms with E-state index in [9.17, 15) is 38.7 Å². The summed E-state index contributed by atoms with van der Waals surface area (Å²) in [5.41, 5.74) is -2.87. The zero-order valence-electron chi connectivity index (χ0n) is 35.8. The van der Waals surface area contributed by atoms with Gasteiger partial charge in [-0.15, -0.1) is 0 Å². The van der Waals surface area contributed by atoms with Gasteiger partial charge in [0.2, 0.25) is 23.7 Å². The Morgan fingerprint density at radius 1 is 0.836 bits per heavy atom. The summed E-state index contributed by atoms with van der Waals surface area (Å²) in [5.74, 6) is -2.74. The van der Waals surface area contributed by atoms with Gasteiger partial charge in [0.25, 0.3) is 11.1 Å². The number of imidazole rings is 2. The van der Waals surface area contributed by atoms with Crippen LogP contribution in [0.25, 0.3) is 22.3 Å². The van der Waals surface area contributed by atoms with E-state index in [2.05, 4.69) is 47.1 Å². The van der Waals surface area contributed by atoms with Gasteiger partial charge in [0.15, 0.2) is 47.1 Å². The van der Waals surface area contributed by atoms with Gasteiger partial charge in [-0.2, -0.15) is 20.5 Å². The predicted octanol–water partition coefficient (Wildman–Crippen LogP) is 2.93. The van der Waals surface area contributed by atoms with Crippen LogP contribution < -0.4 is 21.8 Å². The van der Waals surface area contributed by atoms with Gasteiger partial charge in [0.05, 0.1) is 70.3 Å². The van der Waals surface area contributed by atoms with Crippen molar-refractivity contribution in [1.82, 2.24) is 39.0 Å². The molecule has 2 amide bonds. The van der Waals surface area contributed by atoms with Crippen molar-refractivity contribution in [3.63, 3.8) is 0 Å². The van der Waals surface area contributed by atoms with Crippen molar-refractivity contribution in [1.29, 1.82) is 10.5 Å². The van der Waals surface area contributed by atoms with Crippen LogP contribution in [-0.4, -0.2) is 119 Å². The Hall–Kier alpha value is -5.84. The summed E-state index contributed by atoms with van der Waals surface area (Å²) < 4.78 is 108. The number of aromatic amines is 2. The molecule has 10 atom stereocenters. The van der Waals surface area contributed by atoms with E-state index in [-0.39, 0.29) is 40.6 Å². The molecule has 362 valence electrons. The summed E-state index contributed by atoms with van der Waals surface area (Å²) in [6, 6.07) is 3.50. The summed E-state index contributed by atoms with van der Waals surface area (Å²) in [4.78, 5) is 71.6. The number of anilines is 2. The first kappa shape index (κ1) is 50.6. The second-order valence-electron chi connectivity index (χ2n) is 15.1. The van der Waals surface area contributed by atoms with Crippen molar-refractivity contribution in [2.24, 2.45) is 11.8 Å². The van der Waals surface area contributed by atoms with E-state index in [1.54, 1.807) is 39.8 Å². The topological polar surface area (TPSA) is 361 Å². The number of nitrogens with one attached hydrogen (secondary N) is 4. The molecular weight excluding hydrogens is 940 g/mol. The van der Waals surface area contributed by atoms with Crippen molar-refractivity contribution in [2.75, 3.05) is 37.1 Å². The highest BCUT2D eigenvalue weighted by Crippen LogP contribution is 2.57. The summed E-state index contributed by atoms with van der Waals surface area (Å²) >= 11 is 0. The second kappa shape index (κ2) is 21.4. The molecule has 4 aromatic heterocycles. The highest BCUT2D eigenvalue weighted by atomic mass is 31.2. The van der Waals surface area contributed by atoms with Crippen LogP contribution in [0, 0.1) is 34.5 Å². The number of phosphoric ester groups is 2. The van der Waals surface area contributed by atoms with Crippen molar-refractivity contribution < 1.29 is 69.2 Å². The number of phosphoric acid groups is 2. The minimum Gasteiger partial charge on any atom is -0.413 e. The molecule has 6 unspecified atom stereocenters. The molecule has 27 nitrogen and oxygen atoms in total. The van der Waals surface area contributed by atoms with Crippen LogP contribution in [-0.2, 0) is 55.3 Å². The van der Waals surface area contributed by atoms with Gasteiger partial charge in [-0.05, 0) is 0 Å². The third kappa shape index (κ3) is 11.3. The van der Waals surface area contributed by atoms with Crippen molar-refractivity contribution in [2.45, 2.75) is 89.8 Å². The van der Waals surface area contributed by atoms with Crippen molar-refractivity contribution in [3.8, 4) is 12.1 Å². The van der Waals surface area contributed by atoms with Crippen LogP contribution in [0.3, 0.4) is 0 Å². The van der Waals surface area contributed by atoms with E-state index in [1.807, 2.05) is 0 Å². The van der Waals surface area contributed by atoms with E-state index in [0.717, 1.165) is 21.8 Å². The maximum atomic E-state index is 16.9. The number of alkyl halides is 2. The highest BCUT2D eigenvalue weighted by molar-refractivity contribution is 7.48. The molecular formula is C36H44F2N12O15P2. The lowest BCUT2D eigenvalue weighted by atomic mass is 10.1. The van der Waals surface area contributed by atoms with Crippen LogP contribution in [0.15, 0.2) is 35.1 Å². The Balaban J connectivity index is 1.31. The lowest BCUT2D eigenvalue weighted by Crippen LogP contribution is -2.35. The number of amides is 2. The van der Waals surface area contributed by atoms with Crippen LogP contribution in [0.4, 0.5) is 20.7 Å². The third-order valence-electron chi connectivity index (χ3n) is 9.69. The molecule has 2 saturated heterocycles. The zero-order chi connectivity index (χ0) is 48.8. The molecule has 2 fully saturated rings. The summed E-state index contributed by atoms with van der Waals surface area (Å²) in [6.07, 6.45) is -14.2. The molecule has 0 bridgehead atoms. The molecule has 0 aliphatic carbocycles. The smallest absolute Gasteiger partial charge is 0.413 e. The Morgan fingerprint density at radius 2 is 1.28 bits per heavy atom. The number of halogens is 2. The Kier molecular flexibility index (Phi) is 16.2. The molecule has 6 heterocycles. The van der Waals surface area contributed by atoms with E-state index in [0.29, 0.717) is 6.26 Å². The highest BCUT2D eigenvalue weighted by Gasteiger charge is 2.54. The minimum absolute atomic E-state index is 0.270. The number of carbonyl (C=O) groups excluding carboxylic acids is 2. The lowest BCUT2D eigenvalue weighted by Gasteiger charge is -2.27. The number of fused-ring (bicyclic) bond motifs is 2. The van der Waals surface area contributed by atoms with Crippen molar-refractivity contribution >= 4 is 61.7 Å². The number of hydrogen-bond acceptors (Lipinski definition) is 21. The first-order valence-electron chi connectivity index (χ1n) is 20.1. The standard InChI is InChI=1S/C36H44F2N12O15P2/c1-6-58-66(56,59-11-7-9-39)65-26-20(63-34(22(26)38)50-16-42-24-28(50)44-36(48-32(24)55)46-30(53)18(4)5)14-61-67(57,60-12-8-10-40)64-25-19(13-51)62-33(21(25)37)49-15-41-23-27(49)43-35(47-31(23)54)45-29(52)17(2)3/h6,15-22,25-26,33-34,51H,1,7-8,11-14H2,2-5H3,(H2,43,45,47,52,54)(H2,44,46,48,53,55)/t19?,20?,21-,22-,25-,26-,33?,34?,66?,67?/m1/s1. The SMILES string of the molecule is C=COP(=O)(OCCC#N)O[C@@H]1C(COP(=O)(OCCC#N)O[C@@H]2C(CO)OC(n3cnc4c(=O)[nH]c(NC(=O)C(C)C)nc43)[C@@H]2F)OC(n2cnc3c(=O)[nH]c(NC(=O)C(C)C)nc32)[C@@H]1F. The van der Waals surface area contributed by atoms with Gasteiger partial charge in [-0.1, -0.05) is 34.3 Å². The second-order valence-corrected chi connectivity index (χ2v) is 18.2. The monoisotopic (exact) mass is 984 g/mol. The third-order valence-corrected chi connectivity index (χ3v) is 12.6. The summed E-state index contributed by atoms with van der Waals surface area (Å²) in [7, 11) is -10.1. The predicted molar refractivity (Wildman–Crippen MR) is 222 cm³/mol. The zero-order valence-corrected chi connectivity index (χ0v) is 37.6. The van der Waals surface area contributed by atoms with Crippen molar-refractivity contribution in [3.05, 3.63) is 46.2 Å². The van der Waals surface area contributed by atoms with Gasteiger partial charge in [-0.25, -0.2) is 27.9 Å². The van der Waals surface area contributed by atoms with Crippen LogP contribution in [0.2, 0.25) is 0 Å². The fourth-order valence-electron chi connectivity index (χ4n) is 6.38. The average molecular weight is 985 g/mol. The number of aromatic nitrogens is 8. The molecule has 2 aliphatic heterocycles. The number of aliphatic hydroxyl groups excluding tert-OH is 1. The maximum Gasteiger partial charge on any atom is 0.529 e. The summed E-state index contributed by atoms with van der Waals surface area (Å²) in [6.45, 7) is 6.42. The Bertz CT molecular complexity index is 2770. The van der Waals surface area contributed by atoms with Crippen LogP contribution >= 0.6 is 15.6 Å². The molecule has 2 aliphatic rings.